The minimum Gasteiger partial charge on any atom is -0.396 e. The van der Waals surface area contributed by atoms with Gasteiger partial charge in [0.1, 0.15) is 12.1 Å². The van der Waals surface area contributed by atoms with E-state index in [2.05, 4.69) is 21.4 Å². The predicted molar refractivity (Wildman–Crippen MR) is 76.0 cm³/mol. The number of hydrogen-bond acceptors (Lipinski definition) is 4. The molecule has 0 bridgehead atoms. The first-order chi connectivity index (χ1) is 9.36. The van der Waals surface area contributed by atoms with E-state index >= 15 is 0 Å². The second-order valence-corrected chi connectivity index (χ2v) is 5.28. The molecule has 2 N–H and O–H groups in total. The molecule has 1 aromatic carbocycles. The Morgan fingerprint density at radius 1 is 1.11 bits per heavy atom. The fourth-order valence-electron chi connectivity index (χ4n) is 2.80. The van der Waals surface area contributed by atoms with Crippen LogP contribution < -0.4 is 5.32 Å². The van der Waals surface area contributed by atoms with Gasteiger partial charge in [-0.1, -0.05) is 12.1 Å². The number of fused-ring (bicyclic) bond motifs is 1. The summed E-state index contributed by atoms with van der Waals surface area (Å²) in [6.07, 6.45) is 6.01. The monoisotopic (exact) mass is 257 g/mol. The van der Waals surface area contributed by atoms with E-state index in [-0.39, 0.29) is 0 Å². The molecule has 1 heterocycles. The summed E-state index contributed by atoms with van der Waals surface area (Å²) in [5.41, 5.74) is 0.976. The summed E-state index contributed by atoms with van der Waals surface area (Å²) < 4.78 is 0. The summed E-state index contributed by atoms with van der Waals surface area (Å²) in [7, 11) is 0. The molecule has 0 unspecified atom stereocenters. The molecule has 1 aliphatic carbocycles. The number of nitrogens with one attached hydrogen (secondary N) is 1. The van der Waals surface area contributed by atoms with Crippen LogP contribution >= 0.6 is 0 Å². The lowest BCUT2D eigenvalue weighted by Gasteiger charge is -2.28. The minimum absolute atomic E-state index is 0.323. The van der Waals surface area contributed by atoms with Gasteiger partial charge in [0.25, 0.3) is 0 Å². The van der Waals surface area contributed by atoms with E-state index in [1.807, 2.05) is 18.2 Å². The van der Waals surface area contributed by atoms with Gasteiger partial charge in [0.05, 0.1) is 5.52 Å². The van der Waals surface area contributed by atoms with Crippen molar-refractivity contribution in [2.75, 3.05) is 11.9 Å². The van der Waals surface area contributed by atoms with E-state index in [1.54, 1.807) is 6.33 Å². The number of para-hydroxylation sites is 1. The fraction of sp³-hybridized carbons (Fsp3) is 0.467. The SMILES string of the molecule is OCC1CCC(Nc2ncnc3ccccc23)CC1. The average Bonchev–Trinajstić information content (AvgIpc) is 2.48. The Bertz CT molecular complexity index is 545. The van der Waals surface area contributed by atoms with Gasteiger partial charge in [-0.3, -0.25) is 0 Å². The normalized spacial score (nSPS) is 23.4. The molecule has 2 aromatic rings. The lowest BCUT2D eigenvalue weighted by Crippen LogP contribution is -2.27. The van der Waals surface area contributed by atoms with Crippen molar-refractivity contribution in [3.05, 3.63) is 30.6 Å². The molecule has 1 saturated carbocycles. The Morgan fingerprint density at radius 2 is 1.89 bits per heavy atom. The number of benzene rings is 1. The van der Waals surface area contributed by atoms with Crippen LogP contribution in [0.3, 0.4) is 0 Å². The van der Waals surface area contributed by atoms with Crippen LogP contribution in [0.5, 0.6) is 0 Å². The van der Waals surface area contributed by atoms with Crippen LogP contribution in [0.4, 0.5) is 5.82 Å². The zero-order valence-corrected chi connectivity index (χ0v) is 10.9. The van der Waals surface area contributed by atoms with Gasteiger partial charge in [0, 0.05) is 18.0 Å². The Morgan fingerprint density at radius 3 is 2.68 bits per heavy atom. The maximum absolute atomic E-state index is 9.17. The van der Waals surface area contributed by atoms with E-state index in [1.165, 1.54) is 0 Å². The van der Waals surface area contributed by atoms with E-state index in [9.17, 15) is 0 Å². The smallest absolute Gasteiger partial charge is 0.137 e. The summed E-state index contributed by atoms with van der Waals surface area (Å²) in [5, 5.41) is 13.8. The van der Waals surface area contributed by atoms with Gasteiger partial charge in [0.15, 0.2) is 0 Å². The van der Waals surface area contributed by atoms with Crippen molar-refractivity contribution in [2.45, 2.75) is 31.7 Å². The molecule has 1 aromatic heterocycles. The van der Waals surface area contributed by atoms with Crippen LogP contribution in [-0.4, -0.2) is 27.7 Å². The third kappa shape index (κ3) is 2.68. The highest BCUT2D eigenvalue weighted by molar-refractivity contribution is 5.88. The standard InChI is InChI=1S/C15H19N3O/c19-9-11-5-7-12(8-6-11)18-15-13-3-1-2-4-14(13)16-10-17-15/h1-4,10-12,19H,5-9H2,(H,16,17,18). The summed E-state index contributed by atoms with van der Waals surface area (Å²) in [5.74, 6) is 1.42. The Kier molecular flexibility index (Phi) is 3.60. The molecule has 1 fully saturated rings. The molecule has 0 amide bonds. The van der Waals surface area contributed by atoms with E-state index in [0.717, 1.165) is 42.4 Å². The number of nitrogens with zero attached hydrogens (tertiary/aromatic N) is 2. The van der Waals surface area contributed by atoms with Crippen molar-refractivity contribution in [1.29, 1.82) is 0 Å². The van der Waals surface area contributed by atoms with E-state index in [4.69, 9.17) is 5.11 Å². The molecule has 0 aliphatic heterocycles. The molecular weight excluding hydrogens is 238 g/mol. The van der Waals surface area contributed by atoms with Gasteiger partial charge < -0.3 is 10.4 Å². The third-order valence-corrected chi connectivity index (χ3v) is 3.99. The van der Waals surface area contributed by atoms with Crippen LogP contribution in [0.2, 0.25) is 0 Å². The highest BCUT2D eigenvalue weighted by Gasteiger charge is 2.21. The third-order valence-electron chi connectivity index (χ3n) is 3.99. The first-order valence-electron chi connectivity index (χ1n) is 6.94. The van der Waals surface area contributed by atoms with Crippen molar-refractivity contribution in [3.63, 3.8) is 0 Å². The lowest BCUT2D eigenvalue weighted by molar-refractivity contribution is 0.186. The summed E-state index contributed by atoms with van der Waals surface area (Å²) in [6, 6.07) is 8.52. The van der Waals surface area contributed by atoms with Crippen LogP contribution in [0.15, 0.2) is 30.6 Å². The highest BCUT2D eigenvalue weighted by atomic mass is 16.3. The molecule has 4 nitrogen and oxygen atoms in total. The van der Waals surface area contributed by atoms with Crippen LogP contribution in [0.1, 0.15) is 25.7 Å². The number of hydrogen-bond donors (Lipinski definition) is 2. The molecular formula is C15H19N3O. The number of rotatable bonds is 3. The quantitative estimate of drug-likeness (QED) is 0.887. The maximum atomic E-state index is 9.17. The van der Waals surface area contributed by atoms with E-state index < -0.39 is 0 Å². The van der Waals surface area contributed by atoms with Crippen LogP contribution in [-0.2, 0) is 0 Å². The molecule has 0 radical (unpaired) electrons. The van der Waals surface area contributed by atoms with Crippen molar-refractivity contribution in [2.24, 2.45) is 5.92 Å². The first-order valence-corrected chi connectivity index (χ1v) is 6.94. The maximum Gasteiger partial charge on any atom is 0.137 e. The van der Waals surface area contributed by atoms with Gasteiger partial charge in [0.2, 0.25) is 0 Å². The molecule has 100 valence electrons. The second-order valence-electron chi connectivity index (χ2n) is 5.28. The van der Waals surface area contributed by atoms with Crippen molar-refractivity contribution in [3.8, 4) is 0 Å². The first kappa shape index (κ1) is 12.4. The molecule has 0 atom stereocenters. The van der Waals surface area contributed by atoms with Gasteiger partial charge in [-0.15, -0.1) is 0 Å². The number of aromatic nitrogens is 2. The number of aliphatic hydroxyl groups is 1. The zero-order chi connectivity index (χ0) is 13.1. The molecule has 19 heavy (non-hydrogen) atoms. The van der Waals surface area contributed by atoms with Gasteiger partial charge in [-0.25, -0.2) is 9.97 Å². The van der Waals surface area contributed by atoms with Gasteiger partial charge >= 0.3 is 0 Å². The lowest BCUT2D eigenvalue weighted by atomic mass is 9.86. The summed E-state index contributed by atoms with van der Waals surface area (Å²) in [6.45, 7) is 0.323. The van der Waals surface area contributed by atoms with E-state index in [0.29, 0.717) is 18.6 Å². The highest BCUT2D eigenvalue weighted by Crippen LogP contribution is 2.27. The molecule has 0 spiro atoms. The van der Waals surface area contributed by atoms with Gasteiger partial charge in [-0.2, -0.15) is 0 Å². The summed E-state index contributed by atoms with van der Waals surface area (Å²) in [4.78, 5) is 8.64. The Labute approximate surface area is 112 Å². The van der Waals surface area contributed by atoms with Crippen LogP contribution in [0.25, 0.3) is 10.9 Å². The van der Waals surface area contributed by atoms with Crippen molar-refractivity contribution >= 4 is 16.7 Å². The molecule has 4 heteroatoms. The number of anilines is 1. The Balaban J connectivity index is 1.75. The molecule has 3 rings (SSSR count). The average molecular weight is 257 g/mol. The Hall–Kier alpha value is -1.68. The van der Waals surface area contributed by atoms with Crippen LogP contribution in [0, 0.1) is 5.92 Å². The summed E-state index contributed by atoms with van der Waals surface area (Å²) >= 11 is 0. The number of aliphatic hydroxyl groups excluding tert-OH is 1. The van der Waals surface area contributed by atoms with Crippen molar-refractivity contribution in [1.82, 2.24) is 9.97 Å². The second kappa shape index (κ2) is 5.53. The fourth-order valence-corrected chi connectivity index (χ4v) is 2.80. The molecule has 0 saturated heterocycles. The topological polar surface area (TPSA) is 58.0 Å². The molecule has 1 aliphatic rings. The van der Waals surface area contributed by atoms with Gasteiger partial charge in [-0.05, 0) is 43.7 Å². The zero-order valence-electron chi connectivity index (χ0n) is 10.9. The largest absolute Gasteiger partial charge is 0.396 e. The predicted octanol–water partition coefficient (Wildman–Crippen LogP) is 2.59. The minimum atomic E-state index is 0.323. The van der Waals surface area contributed by atoms with Crippen molar-refractivity contribution < 1.29 is 5.11 Å².